The van der Waals surface area contributed by atoms with Crippen LogP contribution in [0.15, 0.2) is 83.3 Å². The van der Waals surface area contributed by atoms with E-state index in [2.05, 4.69) is 21.2 Å². The highest BCUT2D eigenvalue weighted by Crippen LogP contribution is 2.28. The van der Waals surface area contributed by atoms with E-state index in [1.54, 1.807) is 49.6 Å². The van der Waals surface area contributed by atoms with Crippen LogP contribution in [-0.4, -0.2) is 57.1 Å². The molecule has 1 atom stereocenters. The number of halogens is 1. The fourth-order valence-electron chi connectivity index (χ4n) is 4.15. The predicted octanol–water partition coefficient (Wildman–Crippen LogP) is 4.39. The van der Waals surface area contributed by atoms with Crippen molar-refractivity contribution < 1.29 is 22.7 Å². The molecule has 0 saturated heterocycles. The standard InChI is InChI=1S/C29H34BrN3O5S/c1-21(2)31-29(35)27(18-22-11-6-5-7-12-22)32(19-23-13-10-14-24(17-23)38-3)28(34)20-33(39(4,36)37)26-16-9-8-15-25(26)30/h5-17,21,27H,18-20H2,1-4H3,(H,31,35)/t27-/m0/s1. The summed E-state index contributed by atoms with van der Waals surface area (Å²) in [6.07, 6.45) is 1.31. The topological polar surface area (TPSA) is 96.0 Å². The van der Waals surface area contributed by atoms with Crippen LogP contribution in [0.1, 0.15) is 25.0 Å². The van der Waals surface area contributed by atoms with E-state index in [4.69, 9.17) is 4.74 Å². The van der Waals surface area contributed by atoms with Crippen LogP contribution < -0.4 is 14.4 Å². The lowest BCUT2D eigenvalue weighted by atomic mass is 10.0. The van der Waals surface area contributed by atoms with Crippen molar-refractivity contribution in [2.24, 2.45) is 0 Å². The number of hydrogen-bond donors (Lipinski definition) is 1. The molecule has 1 N–H and O–H groups in total. The number of hydrogen-bond acceptors (Lipinski definition) is 5. The summed E-state index contributed by atoms with van der Waals surface area (Å²) in [6, 6.07) is 22.4. The number of nitrogens with zero attached hydrogens (tertiary/aromatic N) is 2. The maximum absolute atomic E-state index is 14.1. The van der Waals surface area contributed by atoms with E-state index in [0.717, 1.165) is 21.7 Å². The third kappa shape index (κ3) is 8.56. The first-order chi connectivity index (χ1) is 18.5. The molecule has 0 aliphatic heterocycles. The number of carbonyl (C=O) groups excluding carboxylic acids is 2. The monoisotopic (exact) mass is 615 g/mol. The zero-order valence-electron chi connectivity index (χ0n) is 22.5. The predicted molar refractivity (Wildman–Crippen MR) is 157 cm³/mol. The first-order valence-electron chi connectivity index (χ1n) is 12.5. The minimum atomic E-state index is -3.84. The maximum atomic E-state index is 14.1. The smallest absolute Gasteiger partial charge is 0.244 e. The van der Waals surface area contributed by atoms with Crippen molar-refractivity contribution in [3.05, 3.63) is 94.5 Å². The molecule has 208 valence electrons. The number of benzene rings is 3. The zero-order chi connectivity index (χ0) is 28.6. The third-order valence-corrected chi connectivity index (χ3v) is 7.79. The molecule has 39 heavy (non-hydrogen) atoms. The van der Waals surface area contributed by atoms with Gasteiger partial charge in [-0.05, 0) is 65.2 Å². The molecule has 8 nitrogen and oxygen atoms in total. The maximum Gasteiger partial charge on any atom is 0.244 e. The highest BCUT2D eigenvalue weighted by Gasteiger charge is 2.33. The molecule has 3 rings (SSSR count). The van der Waals surface area contributed by atoms with Crippen molar-refractivity contribution in [1.29, 1.82) is 0 Å². The van der Waals surface area contributed by atoms with E-state index in [-0.39, 0.29) is 24.9 Å². The van der Waals surface area contributed by atoms with Crippen LogP contribution in [0.3, 0.4) is 0 Å². The van der Waals surface area contributed by atoms with Gasteiger partial charge in [0.05, 0.1) is 19.1 Å². The highest BCUT2D eigenvalue weighted by molar-refractivity contribution is 9.10. The van der Waals surface area contributed by atoms with Gasteiger partial charge < -0.3 is 15.0 Å². The SMILES string of the molecule is COc1cccc(CN(C(=O)CN(c2ccccc2Br)S(C)(=O)=O)[C@@H](Cc2ccccc2)C(=O)NC(C)C)c1. The Balaban J connectivity index is 2.08. The molecule has 3 aromatic rings. The molecule has 0 radical (unpaired) electrons. The van der Waals surface area contributed by atoms with Gasteiger partial charge >= 0.3 is 0 Å². The molecule has 0 saturated carbocycles. The van der Waals surface area contributed by atoms with Gasteiger partial charge in [0.15, 0.2) is 0 Å². The number of amides is 2. The van der Waals surface area contributed by atoms with Crippen LogP contribution in [0.5, 0.6) is 5.75 Å². The van der Waals surface area contributed by atoms with Crippen LogP contribution in [0, 0.1) is 0 Å². The van der Waals surface area contributed by atoms with Gasteiger partial charge in [-0.15, -0.1) is 0 Å². The normalized spacial score (nSPS) is 12.1. The number of methoxy groups -OCH3 is 1. The quantitative estimate of drug-likeness (QED) is 0.326. The number of anilines is 1. The first kappa shape index (κ1) is 30.2. The van der Waals surface area contributed by atoms with Crippen molar-refractivity contribution >= 4 is 43.5 Å². The molecule has 0 spiro atoms. The summed E-state index contributed by atoms with van der Waals surface area (Å²) in [5.41, 5.74) is 1.95. The summed E-state index contributed by atoms with van der Waals surface area (Å²) >= 11 is 3.40. The van der Waals surface area contributed by atoms with Gasteiger partial charge in [0.1, 0.15) is 18.3 Å². The molecule has 10 heteroatoms. The third-order valence-electron chi connectivity index (χ3n) is 5.99. The Hall–Kier alpha value is -3.37. The van der Waals surface area contributed by atoms with E-state index >= 15 is 0 Å². The molecule has 0 aliphatic carbocycles. The van der Waals surface area contributed by atoms with Crippen LogP contribution in [0.25, 0.3) is 0 Å². The average molecular weight is 617 g/mol. The van der Waals surface area contributed by atoms with Crippen molar-refractivity contribution in [2.75, 3.05) is 24.2 Å². The van der Waals surface area contributed by atoms with Gasteiger partial charge in [0.2, 0.25) is 21.8 Å². The Morgan fingerprint density at radius 2 is 1.59 bits per heavy atom. The lowest BCUT2D eigenvalue weighted by molar-refractivity contribution is -0.140. The summed E-state index contributed by atoms with van der Waals surface area (Å²) in [4.78, 5) is 29.1. The molecule has 0 bridgehead atoms. The van der Waals surface area contributed by atoms with E-state index < -0.39 is 28.5 Å². The van der Waals surface area contributed by atoms with Crippen LogP contribution >= 0.6 is 15.9 Å². The van der Waals surface area contributed by atoms with Crippen LogP contribution in [0.4, 0.5) is 5.69 Å². The fourth-order valence-corrected chi connectivity index (χ4v) is 5.63. The Kier molecular flexibility index (Phi) is 10.5. The Labute approximate surface area is 239 Å². The van der Waals surface area contributed by atoms with Gasteiger partial charge in [-0.25, -0.2) is 8.42 Å². The Bertz CT molecular complexity index is 1380. The number of para-hydroxylation sites is 1. The summed E-state index contributed by atoms with van der Waals surface area (Å²) in [7, 11) is -2.29. The van der Waals surface area contributed by atoms with Crippen molar-refractivity contribution in [3.63, 3.8) is 0 Å². The molecule has 2 amide bonds. The molecule has 0 unspecified atom stereocenters. The highest BCUT2D eigenvalue weighted by atomic mass is 79.9. The van der Waals surface area contributed by atoms with Crippen molar-refractivity contribution in [3.8, 4) is 5.75 Å². The Morgan fingerprint density at radius 1 is 0.949 bits per heavy atom. The summed E-state index contributed by atoms with van der Waals surface area (Å²) < 4.78 is 32.7. The second-order valence-corrected chi connectivity index (χ2v) is 12.2. The lowest BCUT2D eigenvalue weighted by Crippen LogP contribution is -2.54. The summed E-state index contributed by atoms with van der Waals surface area (Å²) in [5, 5.41) is 2.93. The summed E-state index contributed by atoms with van der Waals surface area (Å²) in [6.45, 7) is 3.30. The molecule has 0 fully saturated rings. The fraction of sp³-hybridized carbons (Fsp3) is 0.310. The van der Waals surface area contributed by atoms with E-state index in [0.29, 0.717) is 15.9 Å². The molecule has 0 aliphatic rings. The van der Waals surface area contributed by atoms with Gasteiger partial charge in [-0.1, -0.05) is 54.6 Å². The number of carbonyl (C=O) groups is 2. The van der Waals surface area contributed by atoms with E-state index in [1.165, 1.54) is 4.90 Å². The molecular weight excluding hydrogens is 582 g/mol. The molecule has 0 aromatic heterocycles. The average Bonchev–Trinajstić information content (AvgIpc) is 2.89. The first-order valence-corrected chi connectivity index (χ1v) is 15.1. The van der Waals surface area contributed by atoms with Crippen LogP contribution in [0.2, 0.25) is 0 Å². The van der Waals surface area contributed by atoms with Gasteiger partial charge in [0, 0.05) is 23.5 Å². The second kappa shape index (κ2) is 13.6. The second-order valence-electron chi connectivity index (χ2n) is 9.46. The van der Waals surface area contributed by atoms with Gasteiger partial charge in [-0.3, -0.25) is 13.9 Å². The minimum absolute atomic E-state index is 0.0760. The zero-order valence-corrected chi connectivity index (χ0v) is 24.9. The van der Waals surface area contributed by atoms with Gasteiger partial charge in [-0.2, -0.15) is 0 Å². The minimum Gasteiger partial charge on any atom is -0.497 e. The van der Waals surface area contributed by atoms with E-state index in [1.807, 2.05) is 50.2 Å². The van der Waals surface area contributed by atoms with Crippen LogP contribution in [-0.2, 0) is 32.6 Å². The Morgan fingerprint density at radius 3 is 2.21 bits per heavy atom. The van der Waals surface area contributed by atoms with Crippen molar-refractivity contribution in [1.82, 2.24) is 10.2 Å². The largest absolute Gasteiger partial charge is 0.497 e. The molecular formula is C29H34BrN3O5S. The van der Waals surface area contributed by atoms with E-state index in [9.17, 15) is 18.0 Å². The number of rotatable bonds is 12. The lowest BCUT2D eigenvalue weighted by Gasteiger charge is -2.34. The number of nitrogens with one attached hydrogen (secondary N) is 1. The number of ether oxygens (including phenoxy) is 1. The number of sulfonamides is 1. The molecule has 3 aromatic carbocycles. The van der Waals surface area contributed by atoms with Crippen molar-refractivity contribution in [2.45, 2.75) is 38.9 Å². The van der Waals surface area contributed by atoms with Gasteiger partial charge in [0.25, 0.3) is 0 Å². The summed E-state index contributed by atoms with van der Waals surface area (Å²) in [5.74, 6) is -0.229. The molecule has 0 heterocycles.